The number of anilines is 1. The van der Waals surface area contributed by atoms with Gasteiger partial charge in [-0.3, -0.25) is 9.69 Å². The predicted octanol–water partition coefficient (Wildman–Crippen LogP) is 5.78. The Balaban J connectivity index is 1.57. The minimum atomic E-state index is -0.445. The fourth-order valence-electron chi connectivity index (χ4n) is 3.08. The summed E-state index contributed by atoms with van der Waals surface area (Å²) in [5, 5.41) is 1.81. The van der Waals surface area contributed by atoms with Crippen molar-refractivity contribution in [3.8, 4) is 17.2 Å². The first kappa shape index (κ1) is 23.0. The molecule has 0 atom stereocenters. The number of thiocarbonyl (C=S) groups is 1. The van der Waals surface area contributed by atoms with Crippen molar-refractivity contribution in [2.75, 3.05) is 18.6 Å². The summed E-state index contributed by atoms with van der Waals surface area (Å²) in [6.07, 6.45) is 1.75. The van der Waals surface area contributed by atoms with Crippen LogP contribution in [0.2, 0.25) is 0 Å². The molecule has 1 aliphatic heterocycles. The third-order valence-electron chi connectivity index (χ3n) is 4.61. The second-order valence-corrected chi connectivity index (χ2v) is 9.34. The van der Waals surface area contributed by atoms with Gasteiger partial charge in [0.1, 0.15) is 10.6 Å². The van der Waals surface area contributed by atoms with Crippen molar-refractivity contribution in [1.29, 1.82) is 0 Å². The van der Waals surface area contributed by atoms with E-state index in [1.54, 1.807) is 67.8 Å². The van der Waals surface area contributed by atoms with Gasteiger partial charge < -0.3 is 14.2 Å². The highest BCUT2D eigenvalue weighted by atomic mass is 32.2. The number of thiophene rings is 1. The van der Waals surface area contributed by atoms with E-state index in [4.69, 9.17) is 26.4 Å². The lowest BCUT2D eigenvalue weighted by Gasteiger charge is -2.14. The predicted molar refractivity (Wildman–Crippen MR) is 136 cm³/mol. The Morgan fingerprint density at radius 1 is 1.12 bits per heavy atom. The molecule has 0 radical (unpaired) electrons. The molecule has 1 amide bonds. The van der Waals surface area contributed by atoms with Crippen molar-refractivity contribution >= 4 is 63.3 Å². The topological polar surface area (TPSA) is 65.1 Å². The van der Waals surface area contributed by atoms with E-state index in [9.17, 15) is 9.59 Å². The SMILES string of the molecule is CCOc1cc(C=C2SC(=S)N(c3ccc(OC)cc3)C2=O)ccc1OC(=O)c1cccs1. The molecule has 1 aliphatic rings. The fourth-order valence-corrected chi connectivity index (χ4v) is 4.98. The maximum atomic E-state index is 13.0. The number of amides is 1. The number of rotatable bonds is 7. The van der Waals surface area contributed by atoms with Crippen molar-refractivity contribution in [2.24, 2.45) is 0 Å². The monoisotopic (exact) mass is 497 g/mol. The third kappa shape index (κ3) is 5.11. The van der Waals surface area contributed by atoms with E-state index in [1.165, 1.54) is 28.0 Å². The molecule has 4 rings (SSSR count). The lowest BCUT2D eigenvalue weighted by molar-refractivity contribution is -0.113. The van der Waals surface area contributed by atoms with Crippen LogP contribution < -0.4 is 19.1 Å². The van der Waals surface area contributed by atoms with Gasteiger partial charge >= 0.3 is 5.97 Å². The van der Waals surface area contributed by atoms with E-state index in [1.807, 2.05) is 12.3 Å². The lowest BCUT2D eigenvalue weighted by atomic mass is 10.1. The van der Waals surface area contributed by atoms with Crippen LogP contribution in [0.25, 0.3) is 6.08 Å². The quantitative estimate of drug-likeness (QED) is 0.177. The zero-order valence-corrected chi connectivity index (χ0v) is 20.2. The molecule has 1 aromatic heterocycles. The molecule has 0 bridgehead atoms. The highest BCUT2D eigenvalue weighted by Gasteiger charge is 2.33. The van der Waals surface area contributed by atoms with E-state index < -0.39 is 5.97 Å². The van der Waals surface area contributed by atoms with Crippen LogP contribution in [-0.2, 0) is 4.79 Å². The number of methoxy groups -OCH3 is 1. The van der Waals surface area contributed by atoms with Crippen LogP contribution in [0.15, 0.2) is 64.9 Å². The second-order valence-electron chi connectivity index (χ2n) is 6.72. The molecule has 0 N–H and O–H groups in total. The Hall–Kier alpha value is -3.14. The second kappa shape index (κ2) is 10.2. The number of hydrogen-bond donors (Lipinski definition) is 0. The largest absolute Gasteiger partial charge is 0.497 e. The van der Waals surface area contributed by atoms with Gasteiger partial charge in [0.25, 0.3) is 5.91 Å². The summed E-state index contributed by atoms with van der Waals surface area (Å²) in [5.41, 5.74) is 1.40. The molecule has 168 valence electrons. The first-order valence-corrected chi connectivity index (χ1v) is 12.0. The van der Waals surface area contributed by atoms with Crippen LogP contribution in [0.5, 0.6) is 17.2 Å². The molecule has 3 aromatic rings. The summed E-state index contributed by atoms with van der Waals surface area (Å²) in [4.78, 5) is 27.9. The van der Waals surface area contributed by atoms with Gasteiger partial charge in [0.15, 0.2) is 15.8 Å². The summed E-state index contributed by atoms with van der Waals surface area (Å²) in [6.45, 7) is 2.24. The van der Waals surface area contributed by atoms with Crippen molar-refractivity contribution < 1.29 is 23.8 Å². The number of esters is 1. The Bertz CT molecular complexity index is 1220. The van der Waals surface area contributed by atoms with Gasteiger partial charge in [-0.25, -0.2) is 4.79 Å². The number of carbonyl (C=O) groups is 2. The number of benzene rings is 2. The first-order valence-electron chi connectivity index (χ1n) is 9.94. The molecular formula is C24H19NO5S3. The van der Waals surface area contributed by atoms with Gasteiger partial charge in [-0.15, -0.1) is 11.3 Å². The summed E-state index contributed by atoms with van der Waals surface area (Å²) in [7, 11) is 1.59. The van der Waals surface area contributed by atoms with Gasteiger partial charge in [-0.2, -0.15) is 0 Å². The van der Waals surface area contributed by atoms with Gasteiger partial charge in [-0.1, -0.05) is 36.1 Å². The van der Waals surface area contributed by atoms with E-state index in [0.717, 1.165) is 5.56 Å². The van der Waals surface area contributed by atoms with Crippen LogP contribution in [-0.4, -0.2) is 29.9 Å². The molecule has 2 aromatic carbocycles. The van der Waals surface area contributed by atoms with Crippen molar-refractivity contribution in [2.45, 2.75) is 6.92 Å². The molecule has 0 aliphatic carbocycles. The fraction of sp³-hybridized carbons (Fsp3) is 0.125. The summed E-state index contributed by atoms with van der Waals surface area (Å²) in [6, 6.07) is 15.8. The standard InChI is InChI=1S/C24H19NO5S3/c1-3-29-19-13-15(6-11-18(19)30-23(27)20-5-4-12-32-20)14-21-22(26)25(24(31)33-21)16-7-9-17(28-2)10-8-16/h4-14H,3H2,1-2H3. The number of thioether (sulfide) groups is 1. The summed E-state index contributed by atoms with van der Waals surface area (Å²) >= 11 is 7.98. The summed E-state index contributed by atoms with van der Waals surface area (Å²) in [5.74, 6) is 0.781. The summed E-state index contributed by atoms with van der Waals surface area (Å²) < 4.78 is 16.8. The van der Waals surface area contributed by atoms with Gasteiger partial charge in [0, 0.05) is 0 Å². The van der Waals surface area contributed by atoms with Gasteiger partial charge in [0.2, 0.25) is 0 Å². The van der Waals surface area contributed by atoms with E-state index in [-0.39, 0.29) is 5.91 Å². The number of ether oxygens (including phenoxy) is 3. The number of nitrogens with zero attached hydrogens (tertiary/aromatic N) is 1. The van der Waals surface area contributed by atoms with Crippen LogP contribution in [0.1, 0.15) is 22.2 Å². The van der Waals surface area contributed by atoms with Crippen LogP contribution >= 0.6 is 35.3 Å². The average molecular weight is 498 g/mol. The average Bonchev–Trinajstić information content (AvgIpc) is 3.44. The van der Waals surface area contributed by atoms with Crippen LogP contribution in [0.4, 0.5) is 5.69 Å². The molecule has 6 nitrogen and oxygen atoms in total. The zero-order chi connectivity index (χ0) is 23.4. The van der Waals surface area contributed by atoms with E-state index >= 15 is 0 Å². The smallest absolute Gasteiger partial charge is 0.353 e. The van der Waals surface area contributed by atoms with Crippen LogP contribution in [0.3, 0.4) is 0 Å². The van der Waals surface area contributed by atoms with Crippen LogP contribution in [0, 0.1) is 0 Å². The number of carbonyl (C=O) groups excluding carboxylic acids is 2. The molecule has 33 heavy (non-hydrogen) atoms. The minimum absolute atomic E-state index is 0.207. The normalized spacial score (nSPS) is 14.6. The minimum Gasteiger partial charge on any atom is -0.497 e. The van der Waals surface area contributed by atoms with Crippen molar-refractivity contribution in [3.63, 3.8) is 0 Å². The highest BCUT2D eigenvalue weighted by molar-refractivity contribution is 8.27. The van der Waals surface area contributed by atoms with E-state index in [0.29, 0.717) is 43.6 Å². The molecule has 0 spiro atoms. The van der Waals surface area contributed by atoms with Crippen molar-refractivity contribution in [3.05, 3.63) is 75.3 Å². The first-order chi connectivity index (χ1) is 16.0. The van der Waals surface area contributed by atoms with Gasteiger partial charge in [-0.05, 0) is 66.4 Å². The van der Waals surface area contributed by atoms with E-state index in [2.05, 4.69) is 0 Å². The van der Waals surface area contributed by atoms with Crippen molar-refractivity contribution in [1.82, 2.24) is 0 Å². The Morgan fingerprint density at radius 3 is 2.58 bits per heavy atom. The zero-order valence-electron chi connectivity index (χ0n) is 17.8. The molecular weight excluding hydrogens is 478 g/mol. The Morgan fingerprint density at radius 2 is 1.91 bits per heavy atom. The van der Waals surface area contributed by atoms with Gasteiger partial charge in [0.05, 0.1) is 24.3 Å². The molecule has 1 fully saturated rings. The highest BCUT2D eigenvalue weighted by Crippen LogP contribution is 2.38. The molecule has 0 unspecified atom stereocenters. The molecule has 1 saturated heterocycles. The Kier molecular flexibility index (Phi) is 7.12. The Labute approximate surface area is 204 Å². The molecule has 2 heterocycles. The third-order valence-corrected chi connectivity index (χ3v) is 6.77. The lowest BCUT2D eigenvalue weighted by Crippen LogP contribution is -2.27. The maximum Gasteiger partial charge on any atom is 0.353 e. The number of hydrogen-bond acceptors (Lipinski definition) is 8. The molecule has 0 saturated carbocycles. The maximum absolute atomic E-state index is 13.0. The molecule has 9 heteroatoms.